The fourth-order valence-electron chi connectivity index (χ4n) is 1.80. The molecule has 1 aromatic heterocycles. The molecule has 3 nitrogen and oxygen atoms in total. The second-order valence-corrected chi connectivity index (χ2v) is 4.53. The molecule has 0 radical (unpaired) electrons. The van der Waals surface area contributed by atoms with E-state index < -0.39 is 0 Å². The maximum atomic E-state index is 5.62. The second-order valence-electron chi connectivity index (χ2n) is 4.53. The molecule has 0 aliphatic carbocycles. The Morgan fingerprint density at radius 1 is 1.18 bits per heavy atom. The Labute approximate surface area is 102 Å². The van der Waals surface area contributed by atoms with Crippen LogP contribution >= 0.6 is 0 Å². The standard InChI is InChI=1S/C14H17N3/c1-9(2)11-5-4-10(3)12(8-11)13-6-7-16-14(15)17-13/h4-9H,1-3H3,(H2,15,16,17). The summed E-state index contributed by atoms with van der Waals surface area (Å²) >= 11 is 0. The van der Waals surface area contributed by atoms with Gasteiger partial charge >= 0.3 is 0 Å². The van der Waals surface area contributed by atoms with Gasteiger partial charge in [0.2, 0.25) is 5.95 Å². The second kappa shape index (κ2) is 4.53. The fraction of sp³-hybridized carbons (Fsp3) is 0.286. The van der Waals surface area contributed by atoms with Crippen molar-refractivity contribution in [3.05, 3.63) is 41.6 Å². The van der Waals surface area contributed by atoms with Crippen LogP contribution in [-0.4, -0.2) is 9.97 Å². The lowest BCUT2D eigenvalue weighted by molar-refractivity contribution is 0.866. The van der Waals surface area contributed by atoms with Gasteiger partial charge in [-0.1, -0.05) is 26.0 Å². The molecule has 1 heterocycles. The molecule has 3 heteroatoms. The quantitative estimate of drug-likeness (QED) is 0.857. The molecule has 2 aromatic rings. The Morgan fingerprint density at radius 3 is 2.59 bits per heavy atom. The van der Waals surface area contributed by atoms with Crippen molar-refractivity contribution >= 4 is 5.95 Å². The normalized spacial score (nSPS) is 10.8. The average Bonchev–Trinajstić information content (AvgIpc) is 2.29. The average molecular weight is 227 g/mol. The smallest absolute Gasteiger partial charge is 0.220 e. The van der Waals surface area contributed by atoms with Crippen LogP contribution in [0.5, 0.6) is 0 Å². The number of rotatable bonds is 2. The first kappa shape index (κ1) is 11.6. The predicted molar refractivity (Wildman–Crippen MR) is 70.7 cm³/mol. The highest BCUT2D eigenvalue weighted by molar-refractivity contribution is 5.65. The predicted octanol–water partition coefficient (Wildman–Crippen LogP) is 3.16. The Bertz CT molecular complexity index is 533. The van der Waals surface area contributed by atoms with E-state index >= 15 is 0 Å². The third kappa shape index (κ3) is 2.44. The number of aryl methyl sites for hydroxylation is 1. The molecule has 0 aliphatic rings. The molecule has 88 valence electrons. The van der Waals surface area contributed by atoms with Gasteiger partial charge in [-0.15, -0.1) is 0 Å². The van der Waals surface area contributed by atoms with E-state index in [4.69, 9.17) is 5.73 Å². The van der Waals surface area contributed by atoms with Crippen LogP contribution in [0.2, 0.25) is 0 Å². The number of anilines is 1. The van der Waals surface area contributed by atoms with Gasteiger partial charge in [0, 0.05) is 11.8 Å². The number of hydrogen-bond donors (Lipinski definition) is 1. The molecule has 0 bridgehead atoms. The molecule has 0 saturated heterocycles. The van der Waals surface area contributed by atoms with Gasteiger partial charge in [-0.2, -0.15) is 0 Å². The number of nitrogen functional groups attached to an aromatic ring is 1. The number of aromatic nitrogens is 2. The molecule has 0 aliphatic heterocycles. The van der Waals surface area contributed by atoms with Crippen molar-refractivity contribution in [2.45, 2.75) is 26.7 Å². The van der Waals surface area contributed by atoms with Crippen molar-refractivity contribution in [3.8, 4) is 11.3 Å². The Balaban J connectivity index is 2.54. The van der Waals surface area contributed by atoms with Crippen molar-refractivity contribution in [2.24, 2.45) is 0 Å². The zero-order valence-corrected chi connectivity index (χ0v) is 10.4. The maximum Gasteiger partial charge on any atom is 0.220 e. The Kier molecular flexibility index (Phi) is 3.09. The summed E-state index contributed by atoms with van der Waals surface area (Å²) in [5, 5.41) is 0. The molecule has 0 amide bonds. The van der Waals surface area contributed by atoms with Crippen LogP contribution in [0.4, 0.5) is 5.95 Å². The first-order valence-corrected chi connectivity index (χ1v) is 5.77. The third-order valence-corrected chi connectivity index (χ3v) is 2.88. The van der Waals surface area contributed by atoms with E-state index in [1.165, 1.54) is 11.1 Å². The van der Waals surface area contributed by atoms with E-state index in [1.807, 2.05) is 6.07 Å². The largest absolute Gasteiger partial charge is 0.368 e. The van der Waals surface area contributed by atoms with E-state index in [0.717, 1.165) is 11.3 Å². The third-order valence-electron chi connectivity index (χ3n) is 2.88. The minimum atomic E-state index is 0.317. The van der Waals surface area contributed by atoms with Gasteiger partial charge in [0.15, 0.2) is 0 Å². The van der Waals surface area contributed by atoms with Crippen molar-refractivity contribution < 1.29 is 0 Å². The van der Waals surface area contributed by atoms with Gasteiger partial charge in [0.05, 0.1) is 5.69 Å². The van der Waals surface area contributed by atoms with Gasteiger partial charge in [0.1, 0.15) is 0 Å². The summed E-state index contributed by atoms with van der Waals surface area (Å²) in [5.74, 6) is 0.824. The van der Waals surface area contributed by atoms with E-state index in [2.05, 4.69) is 48.9 Å². The van der Waals surface area contributed by atoms with Gasteiger partial charge in [0.25, 0.3) is 0 Å². The fourth-order valence-corrected chi connectivity index (χ4v) is 1.80. The van der Waals surface area contributed by atoms with Crippen LogP contribution < -0.4 is 5.73 Å². The van der Waals surface area contributed by atoms with Gasteiger partial charge < -0.3 is 5.73 Å². The Morgan fingerprint density at radius 2 is 1.94 bits per heavy atom. The van der Waals surface area contributed by atoms with E-state index in [0.29, 0.717) is 11.9 Å². The molecule has 17 heavy (non-hydrogen) atoms. The van der Waals surface area contributed by atoms with Crippen LogP contribution in [0, 0.1) is 6.92 Å². The zero-order chi connectivity index (χ0) is 12.4. The first-order chi connectivity index (χ1) is 8.08. The number of nitrogens with zero attached hydrogens (tertiary/aromatic N) is 2. The van der Waals surface area contributed by atoms with Crippen molar-refractivity contribution in [3.63, 3.8) is 0 Å². The molecular weight excluding hydrogens is 210 g/mol. The van der Waals surface area contributed by atoms with Crippen LogP contribution in [0.15, 0.2) is 30.5 Å². The lowest BCUT2D eigenvalue weighted by Crippen LogP contribution is -1.97. The van der Waals surface area contributed by atoms with Crippen molar-refractivity contribution in [1.82, 2.24) is 9.97 Å². The Hall–Kier alpha value is -1.90. The van der Waals surface area contributed by atoms with Crippen molar-refractivity contribution in [2.75, 3.05) is 5.73 Å². The highest BCUT2D eigenvalue weighted by atomic mass is 15.0. The van der Waals surface area contributed by atoms with Crippen LogP contribution in [0.1, 0.15) is 30.9 Å². The lowest BCUT2D eigenvalue weighted by atomic mass is 9.96. The lowest BCUT2D eigenvalue weighted by Gasteiger charge is -2.11. The summed E-state index contributed by atoms with van der Waals surface area (Å²) in [7, 11) is 0. The molecule has 0 saturated carbocycles. The van der Waals surface area contributed by atoms with E-state index in [-0.39, 0.29) is 0 Å². The molecular formula is C14H17N3. The number of hydrogen-bond acceptors (Lipinski definition) is 3. The molecule has 1 aromatic carbocycles. The van der Waals surface area contributed by atoms with Crippen LogP contribution in [0.25, 0.3) is 11.3 Å². The molecule has 0 unspecified atom stereocenters. The molecule has 0 atom stereocenters. The number of benzene rings is 1. The number of nitrogens with two attached hydrogens (primary N) is 1. The van der Waals surface area contributed by atoms with Crippen LogP contribution in [-0.2, 0) is 0 Å². The summed E-state index contributed by atoms with van der Waals surface area (Å²) < 4.78 is 0. The maximum absolute atomic E-state index is 5.62. The van der Waals surface area contributed by atoms with Crippen LogP contribution in [0.3, 0.4) is 0 Å². The van der Waals surface area contributed by atoms with Gasteiger partial charge in [-0.05, 0) is 36.1 Å². The monoisotopic (exact) mass is 227 g/mol. The van der Waals surface area contributed by atoms with Gasteiger partial charge in [-0.3, -0.25) is 0 Å². The topological polar surface area (TPSA) is 51.8 Å². The summed E-state index contributed by atoms with van der Waals surface area (Å²) in [4.78, 5) is 8.19. The molecule has 2 N–H and O–H groups in total. The zero-order valence-electron chi connectivity index (χ0n) is 10.4. The first-order valence-electron chi connectivity index (χ1n) is 5.77. The summed E-state index contributed by atoms with van der Waals surface area (Å²) in [6.07, 6.45) is 1.69. The van der Waals surface area contributed by atoms with Gasteiger partial charge in [-0.25, -0.2) is 9.97 Å². The summed E-state index contributed by atoms with van der Waals surface area (Å²) in [5.41, 5.74) is 10.1. The molecule has 2 rings (SSSR count). The minimum Gasteiger partial charge on any atom is -0.368 e. The highest BCUT2D eigenvalue weighted by Crippen LogP contribution is 2.26. The van der Waals surface area contributed by atoms with Crippen molar-refractivity contribution in [1.29, 1.82) is 0 Å². The molecule has 0 fully saturated rings. The van der Waals surface area contributed by atoms with E-state index in [9.17, 15) is 0 Å². The van der Waals surface area contributed by atoms with E-state index in [1.54, 1.807) is 6.20 Å². The SMILES string of the molecule is Cc1ccc(C(C)C)cc1-c1ccnc(N)n1. The summed E-state index contributed by atoms with van der Waals surface area (Å²) in [6, 6.07) is 8.36. The minimum absolute atomic E-state index is 0.317. The molecule has 0 spiro atoms. The highest BCUT2D eigenvalue weighted by Gasteiger charge is 2.07. The summed E-state index contributed by atoms with van der Waals surface area (Å²) in [6.45, 7) is 6.45.